The van der Waals surface area contributed by atoms with Gasteiger partial charge >= 0.3 is 5.97 Å². The van der Waals surface area contributed by atoms with Crippen molar-refractivity contribution in [3.05, 3.63) is 11.6 Å². The minimum atomic E-state index is -0.664. The Morgan fingerprint density at radius 1 is 0.700 bits per heavy atom. The third-order valence-corrected chi connectivity index (χ3v) is 21.1. The van der Waals surface area contributed by atoms with Crippen LogP contribution in [0.25, 0.3) is 0 Å². The lowest BCUT2D eigenvalue weighted by molar-refractivity contribution is -0.181. The van der Waals surface area contributed by atoms with Gasteiger partial charge in [-0.15, -0.1) is 0 Å². The van der Waals surface area contributed by atoms with Gasteiger partial charge in [0, 0.05) is 24.2 Å². The molecule has 340 valence electrons. The smallest absolute Gasteiger partial charge is 0.305 e. The lowest BCUT2D eigenvalue weighted by Gasteiger charge is -2.62. The summed E-state index contributed by atoms with van der Waals surface area (Å²) in [6.07, 6.45) is 19.5. The number of ketones is 2. The van der Waals surface area contributed by atoms with E-state index in [4.69, 9.17) is 4.74 Å². The van der Waals surface area contributed by atoms with E-state index < -0.39 is 6.10 Å². The first-order valence-electron chi connectivity index (χ1n) is 25.2. The Hall–Kier alpha value is -1.57. The molecule has 0 aliphatic heterocycles. The highest BCUT2D eigenvalue weighted by Gasteiger charge is 2.67. The Morgan fingerprint density at radius 2 is 1.20 bits per heavy atom. The normalized spacial score (nSPS) is 49.1. The molecule has 8 saturated carbocycles. The molecule has 7 heteroatoms. The molecule has 7 nitrogen and oxygen atoms in total. The second-order valence-corrected chi connectivity index (χ2v) is 23.6. The quantitative estimate of drug-likeness (QED) is 0.164. The van der Waals surface area contributed by atoms with Gasteiger partial charge in [0.2, 0.25) is 0 Å². The van der Waals surface area contributed by atoms with Crippen molar-refractivity contribution in [3.8, 4) is 0 Å². The lowest BCUT2D eigenvalue weighted by atomic mass is 9.41. The van der Waals surface area contributed by atoms with E-state index in [9.17, 15) is 29.7 Å². The van der Waals surface area contributed by atoms with E-state index in [1.165, 1.54) is 45.6 Å². The molecule has 60 heavy (non-hydrogen) atoms. The SMILES string of the molecule is CC=C1C(=O)C2C3CC[C@H]([C@H](C)CCC)[C@@]3(C)CCC2[C@@]2(C)CC[C@@H](O)C[C@@H]12.COC(=O)CC[C@@H](C)[C@H]1CCC2C3C(=O)C(C(C)O)[C@@H]4C[C@H](O)CC[C@]4(C)C3CC[C@@]21C. The molecular weight excluding hydrogens is 749 g/mol. The van der Waals surface area contributed by atoms with Crippen molar-refractivity contribution >= 4 is 17.5 Å². The van der Waals surface area contributed by atoms with Crippen LogP contribution in [0.1, 0.15) is 178 Å². The van der Waals surface area contributed by atoms with Crippen LogP contribution in [0, 0.1) is 98.6 Å². The summed E-state index contributed by atoms with van der Waals surface area (Å²) in [6, 6.07) is 0. The first-order valence-corrected chi connectivity index (χ1v) is 25.2. The molecular formula is C53H86O7. The molecule has 3 N–H and O–H groups in total. The molecule has 8 rings (SSSR count). The summed E-state index contributed by atoms with van der Waals surface area (Å²) in [6.45, 7) is 20.6. The van der Waals surface area contributed by atoms with E-state index in [0.717, 1.165) is 81.6 Å². The van der Waals surface area contributed by atoms with E-state index in [1.807, 2.05) is 0 Å². The van der Waals surface area contributed by atoms with E-state index in [0.29, 0.717) is 59.5 Å². The fourth-order valence-corrected chi connectivity index (χ4v) is 18.1. The molecule has 8 aliphatic rings. The lowest BCUT2D eigenvalue weighted by Crippen LogP contribution is -2.62. The third kappa shape index (κ3) is 7.46. The highest BCUT2D eigenvalue weighted by Crippen LogP contribution is 2.70. The number of hydrogen-bond donors (Lipinski definition) is 3. The van der Waals surface area contributed by atoms with Crippen molar-refractivity contribution in [2.24, 2.45) is 98.6 Å². The van der Waals surface area contributed by atoms with Crippen LogP contribution in [0.5, 0.6) is 0 Å². The molecule has 0 saturated heterocycles. The molecule has 0 aromatic carbocycles. The van der Waals surface area contributed by atoms with Crippen LogP contribution in [-0.2, 0) is 19.1 Å². The minimum Gasteiger partial charge on any atom is -0.469 e. The van der Waals surface area contributed by atoms with Crippen LogP contribution in [0.15, 0.2) is 11.6 Å². The van der Waals surface area contributed by atoms with Crippen LogP contribution in [0.2, 0.25) is 0 Å². The van der Waals surface area contributed by atoms with Crippen LogP contribution in [0.3, 0.4) is 0 Å². The summed E-state index contributed by atoms with van der Waals surface area (Å²) in [5.41, 5.74) is 1.76. The van der Waals surface area contributed by atoms with Gasteiger partial charge in [-0.05, 0) is 197 Å². The summed E-state index contributed by atoms with van der Waals surface area (Å²) in [5.74, 6) is 5.23. The number of rotatable bonds is 8. The van der Waals surface area contributed by atoms with Gasteiger partial charge in [0.1, 0.15) is 5.78 Å². The predicted octanol–water partition coefficient (Wildman–Crippen LogP) is 10.6. The van der Waals surface area contributed by atoms with Crippen molar-refractivity contribution in [2.45, 2.75) is 196 Å². The number of methoxy groups -OCH3 is 1. The Kier molecular flexibility index (Phi) is 13.5. The van der Waals surface area contributed by atoms with E-state index in [-0.39, 0.29) is 69.8 Å². The maximum Gasteiger partial charge on any atom is 0.305 e. The average molecular weight is 835 g/mol. The zero-order valence-electron chi connectivity index (χ0n) is 39.5. The first-order chi connectivity index (χ1) is 28.3. The number of hydrogen-bond acceptors (Lipinski definition) is 7. The standard InChI is InChI=1S/C27H44O5.C26H42O2/c1-15(6-9-22(30)32-5)18-7-8-19-24-20(11-13-26(18,19)3)27(4)12-10-17(29)14-21(27)23(16(2)28)25(24)31;1-6-8-16(3)19-9-10-20-23-21(12-14-25(19,20)4)26(5)13-11-17(27)15-22(26)18(7-2)24(23)28/h15-21,23-24,28-29H,6-14H2,1-5H3;7,16-17,19-23,27H,6,8-15H2,1-5H3/t15-,16?,17-,18-,19?,20?,21+,23?,24?,26-,27-;16-,17-,19-,20?,21?,22+,23?,25-,26-/m11/s1. The number of aliphatic hydroxyl groups is 3. The second kappa shape index (κ2) is 17.4. The van der Waals surface area contributed by atoms with Crippen molar-refractivity contribution in [2.75, 3.05) is 7.11 Å². The zero-order chi connectivity index (χ0) is 43.7. The maximum absolute atomic E-state index is 14.0. The topological polar surface area (TPSA) is 121 Å². The van der Waals surface area contributed by atoms with Gasteiger partial charge in [-0.25, -0.2) is 0 Å². The molecule has 0 aromatic heterocycles. The molecule has 0 bridgehead atoms. The third-order valence-electron chi connectivity index (χ3n) is 21.1. The molecule has 8 aliphatic carbocycles. The Labute approximate surface area is 364 Å². The summed E-state index contributed by atoms with van der Waals surface area (Å²) in [4.78, 5) is 39.6. The van der Waals surface area contributed by atoms with Crippen LogP contribution < -0.4 is 0 Å². The molecule has 0 radical (unpaired) electrons. The number of allylic oxidation sites excluding steroid dienone is 2. The van der Waals surface area contributed by atoms with E-state index in [2.05, 4.69) is 61.5 Å². The second-order valence-electron chi connectivity index (χ2n) is 23.6. The highest BCUT2D eigenvalue weighted by molar-refractivity contribution is 5.99. The molecule has 0 aromatic rings. The van der Waals surface area contributed by atoms with Crippen LogP contribution in [-0.4, -0.2) is 58.3 Å². The fraction of sp³-hybridized carbons (Fsp3) is 0.906. The molecule has 0 heterocycles. The zero-order valence-corrected chi connectivity index (χ0v) is 39.5. The number of carbonyl (C=O) groups excluding carboxylic acids is 3. The monoisotopic (exact) mass is 835 g/mol. The molecule has 20 atom stereocenters. The number of aliphatic hydroxyl groups excluding tert-OH is 3. The number of carbonyl (C=O) groups is 3. The molecule has 0 amide bonds. The van der Waals surface area contributed by atoms with Crippen molar-refractivity contribution in [1.29, 1.82) is 0 Å². The number of ether oxygens (including phenoxy) is 1. The summed E-state index contributed by atoms with van der Waals surface area (Å²) < 4.78 is 4.86. The van der Waals surface area contributed by atoms with E-state index >= 15 is 0 Å². The summed E-state index contributed by atoms with van der Waals surface area (Å²) in [7, 11) is 1.45. The highest BCUT2D eigenvalue weighted by atomic mass is 16.5. The van der Waals surface area contributed by atoms with Crippen molar-refractivity contribution < 1.29 is 34.4 Å². The van der Waals surface area contributed by atoms with E-state index in [1.54, 1.807) is 6.92 Å². The largest absolute Gasteiger partial charge is 0.469 e. The van der Waals surface area contributed by atoms with Crippen LogP contribution >= 0.6 is 0 Å². The molecule has 8 unspecified atom stereocenters. The fourth-order valence-electron chi connectivity index (χ4n) is 18.1. The number of esters is 1. The van der Waals surface area contributed by atoms with Gasteiger partial charge in [-0.1, -0.05) is 67.4 Å². The summed E-state index contributed by atoms with van der Waals surface area (Å²) >= 11 is 0. The maximum atomic E-state index is 14.0. The van der Waals surface area contributed by atoms with Crippen molar-refractivity contribution in [1.82, 2.24) is 0 Å². The number of fused-ring (bicyclic) bond motifs is 10. The van der Waals surface area contributed by atoms with Gasteiger partial charge < -0.3 is 20.1 Å². The Bertz CT molecular complexity index is 1620. The Balaban J connectivity index is 0.000000183. The van der Waals surface area contributed by atoms with Gasteiger partial charge in [0.05, 0.1) is 25.4 Å². The van der Waals surface area contributed by atoms with Gasteiger partial charge in [-0.3, -0.25) is 14.4 Å². The molecule has 0 spiro atoms. The van der Waals surface area contributed by atoms with Crippen molar-refractivity contribution in [3.63, 3.8) is 0 Å². The molecule has 8 fully saturated rings. The summed E-state index contributed by atoms with van der Waals surface area (Å²) in [5, 5.41) is 31.5. The van der Waals surface area contributed by atoms with Gasteiger partial charge in [-0.2, -0.15) is 0 Å². The van der Waals surface area contributed by atoms with Gasteiger partial charge in [0.25, 0.3) is 0 Å². The van der Waals surface area contributed by atoms with Gasteiger partial charge in [0.15, 0.2) is 5.78 Å². The average Bonchev–Trinajstić information content (AvgIpc) is 3.75. The minimum absolute atomic E-state index is 0.0232. The number of Topliss-reactive ketones (excluding diaryl/α,β-unsaturated/α-hetero) is 2. The predicted molar refractivity (Wildman–Crippen MR) is 237 cm³/mol. The first kappa shape index (κ1) is 46.4. The Morgan fingerprint density at radius 3 is 1.75 bits per heavy atom. The van der Waals surface area contributed by atoms with Crippen LogP contribution in [0.4, 0.5) is 0 Å².